The van der Waals surface area contributed by atoms with Crippen LogP contribution in [-0.2, 0) is 9.53 Å². The summed E-state index contributed by atoms with van der Waals surface area (Å²) in [5.41, 5.74) is -0.833. The van der Waals surface area contributed by atoms with E-state index in [2.05, 4.69) is 0 Å². The Labute approximate surface area is 118 Å². The molecular formula is C13H22N2O5. The van der Waals surface area contributed by atoms with Crippen molar-refractivity contribution in [2.75, 3.05) is 32.8 Å². The number of ether oxygens (including phenoxy) is 1. The first-order valence-corrected chi connectivity index (χ1v) is 6.97. The van der Waals surface area contributed by atoms with Crippen molar-refractivity contribution in [3.63, 3.8) is 0 Å². The van der Waals surface area contributed by atoms with Gasteiger partial charge in [0.2, 0.25) is 0 Å². The van der Waals surface area contributed by atoms with Crippen LogP contribution in [0.25, 0.3) is 0 Å². The minimum atomic E-state index is -0.926. The number of nitrogens with zero attached hydrogens (tertiary/aromatic N) is 2. The van der Waals surface area contributed by atoms with Crippen LogP contribution in [0.1, 0.15) is 26.2 Å². The Hall–Kier alpha value is -1.34. The average Bonchev–Trinajstić information content (AvgIpc) is 2.36. The molecule has 0 spiro atoms. The van der Waals surface area contributed by atoms with Crippen LogP contribution in [-0.4, -0.2) is 76.5 Å². The molecule has 7 nitrogen and oxygen atoms in total. The fourth-order valence-electron chi connectivity index (χ4n) is 2.79. The zero-order chi connectivity index (χ0) is 14.8. The second kappa shape index (κ2) is 5.97. The quantitative estimate of drug-likeness (QED) is 0.753. The normalized spacial score (nSPS) is 31.2. The molecule has 20 heavy (non-hydrogen) atoms. The van der Waals surface area contributed by atoms with Crippen LogP contribution >= 0.6 is 0 Å². The van der Waals surface area contributed by atoms with E-state index in [1.54, 1.807) is 16.7 Å². The largest absolute Gasteiger partial charge is 0.481 e. The minimum absolute atomic E-state index is 0.0957. The fraction of sp³-hybridized carbons (Fsp3) is 0.846. The van der Waals surface area contributed by atoms with Crippen LogP contribution in [0.4, 0.5) is 4.79 Å². The molecule has 114 valence electrons. The molecule has 2 amide bonds. The molecule has 2 unspecified atom stereocenters. The molecule has 2 saturated heterocycles. The maximum atomic E-state index is 12.4. The Morgan fingerprint density at radius 2 is 2.10 bits per heavy atom. The Bertz CT molecular complexity index is 385. The number of aliphatic hydroxyl groups is 1. The van der Waals surface area contributed by atoms with Gasteiger partial charge in [-0.25, -0.2) is 4.79 Å². The first kappa shape index (κ1) is 15.1. The highest BCUT2D eigenvalue weighted by atomic mass is 16.5. The van der Waals surface area contributed by atoms with Crippen LogP contribution in [0.2, 0.25) is 0 Å². The van der Waals surface area contributed by atoms with Gasteiger partial charge in [0.05, 0.1) is 31.3 Å². The number of hydrogen-bond acceptors (Lipinski definition) is 4. The molecule has 2 atom stereocenters. The van der Waals surface area contributed by atoms with Gasteiger partial charge in [0, 0.05) is 19.6 Å². The number of carbonyl (C=O) groups excluding carboxylic acids is 1. The molecule has 2 N–H and O–H groups in total. The van der Waals surface area contributed by atoms with Gasteiger partial charge in [-0.05, 0) is 19.8 Å². The van der Waals surface area contributed by atoms with Crippen molar-refractivity contribution >= 4 is 12.0 Å². The molecular weight excluding hydrogens is 264 g/mol. The number of piperidine rings is 1. The van der Waals surface area contributed by atoms with E-state index in [-0.39, 0.29) is 12.5 Å². The van der Waals surface area contributed by atoms with E-state index in [0.717, 1.165) is 6.42 Å². The average molecular weight is 286 g/mol. The number of amides is 2. The third-order valence-electron chi connectivity index (χ3n) is 3.76. The second-order valence-electron chi connectivity index (χ2n) is 5.84. The van der Waals surface area contributed by atoms with Gasteiger partial charge in [-0.15, -0.1) is 0 Å². The Morgan fingerprint density at radius 3 is 2.75 bits per heavy atom. The molecule has 0 aromatic carbocycles. The summed E-state index contributed by atoms with van der Waals surface area (Å²) in [6.45, 7) is 3.81. The van der Waals surface area contributed by atoms with Gasteiger partial charge in [0.1, 0.15) is 0 Å². The molecule has 0 aromatic heterocycles. The fourth-order valence-corrected chi connectivity index (χ4v) is 2.79. The Kier molecular flexibility index (Phi) is 4.49. The third-order valence-corrected chi connectivity index (χ3v) is 3.76. The van der Waals surface area contributed by atoms with Crippen LogP contribution < -0.4 is 0 Å². The van der Waals surface area contributed by atoms with E-state index in [9.17, 15) is 14.7 Å². The summed E-state index contributed by atoms with van der Waals surface area (Å²) < 4.78 is 5.35. The molecule has 2 heterocycles. The van der Waals surface area contributed by atoms with Crippen molar-refractivity contribution in [1.29, 1.82) is 0 Å². The monoisotopic (exact) mass is 286 g/mol. The Balaban J connectivity index is 1.93. The lowest BCUT2D eigenvalue weighted by Gasteiger charge is -2.41. The molecule has 2 aliphatic rings. The van der Waals surface area contributed by atoms with Crippen LogP contribution in [0, 0.1) is 0 Å². The van der Waals surface area contributed by atoms with Gasteiger partial charge in [-0.1, -0.05) is 0 Å². The zero-order valence-electron chi connectivity index (χ0n) is 11.7. The van der Waals surface area contributed by atoms with Crippen LogP contribution in [0.15, 0.2) is 0 Å². The predicted octanol–water partition coefficient (Wildman–Crippen LogP) is 0.129. The van der Waals surface area contributed by atoms with E-state index in [0.29, 0.717) is 39.2 Å². The smallest absolute Gasteiger partial charge is 0.320 e. The van der Waals surface area contributed by atoms with E-state index in [4.69, 9.17) is 9.84 Å². The molecule has 0 bridgehead atoms. The first-order valence-electron chi connectivity index (χ1n) is 6.97. The van der Waals surface area contributed by atoms with Crippen molar-refractivity contribution in [3.8, 4) is 0 Å². The maximum absolute atomic E-state index is 12.4. The SMILES string of the molecule is CC1(O)CCCN(C(=O)N2CCOC(CC(=O)O)C2)C1. The van der Waals surface area contributed by atoms with Gasteiger partial charge in [0.25, 0.3) is 0 Å². The van der Waals surface area contributed by atoms with Gasteiger partial charge >= 0.3 is 12.0 Å². The molecule has 2 fully saturated rings. The number of carboxylic acid groups (broad SMARTS) is 1. The van der Waals surface area contributed by atoms with E-state index < -0.39 is 17.7 Å². The van der Waals surface area contributed by atoms with E-state index >= 15 is 0 Å². The predicted molar refractivity (Wildman–Crippen MR) is 70.4 cm³/mol. The van der Waals surface area contributed by atoms with Crippen molar-refractivity contribution in [2.45, 2.75) is 37.9 Å². The number of carboxylic acids is 1. The van der Waals surface area contributed by atoms with E-state index in [1.807, 2.05) is 0 Å². The number of morpholine rings is 1. The molecule has 7 heteroatoms. The molecule has 0 aliphatic carbocycles. The highest BCUT2D eigenvalue weighted by Gasteiger charge is 2.34. The number of β-amino-alcohol motifs (C(OH)–C–C–N with tert-alkyl or cyclic N) is 1. The number of aliphatic carboxylic acids is 1. The zero-order valence-corrected chi connectivity index (χ0v) is 11.7. The van der Waals surface area contributed by atoms with Crippen molar-refractivity contribution in [2.24, 2.45) is 0 Å². The maximum Gasteiger partial charge on any atom is 0.320 e. The van der Waals surface area contributed by atoms with Gasteiger partial charge in [-0.2, -0.15) is 0 Å². The van der Waals surface area contributed by atoms with Gasteiger partial charge < -0.3 is 24.7 Å². The molecule has 2 aliphatic heterocycles. The summed E-state index contributed by atoms with van der Waals surface area (Å²) >= 11 is 0. The lowest BCUT2D eigenvalue weighted by Crippen LogP contribution is -2.56. The summed E-state index contributed by atoms with van der Waals surface area (Å²) in [6, 6.07) is -0.135. The summed E-state index contributed by atoms with van der Waals surface area (Å²) in [5.74, 6) is -0.926. The number of likely N-dealkylation sites (tertiary alicyclic amines) is 1. The third kappa shape index (κ3) is 3.83. The Morgan fingerprint density at radius 1 is 1.35 bits per heavy atom. The second-order valence-corrected chi connectivity index (χ2v) is 5.84. The van der Waals surface area contributed by atoms with E-state index in [1.165, 1.54) is 0 Å². The van der Waals surface area contributed by atoms with Crippen molar-refractivity contribution in [3.05, 3.63) is 0 Å². The topological polar surface area (TPSA) is 90.3 Å². The number of carbonyl (C=O) groups is 2. The first-order chi connectivity index (χ1) is 9.37. The summed E-state index contributed by atoms with van der Waals surface area (Å²) in [5, 5.41) is 18.8. The minimum Gasteiger partial charge on any atom is -0.481 e. The highest BCUT2D eigenvalue weighted by Crippen LogP contribution is 2.22. The highest BCUT2D eigenvalue weighted by molar-refractivity contribution is 5.75. The van der Waals surface area contributed by atoms with Crippen LogP contribution in [0.5, 0.6) is 0 Å². The number of urea groups is 1. The molecule has 0 saturated carbocycles. The molecule has 0 radical (unpaired) electrons. The standard InChI is InChI=1S/C13H22N2O5/c1-13(19)3-2-4-15(9-13)12(18)14-5-6-20-10(8-14)7-11(16)17/h10,19H,2-9H2,1H3,(H,16,17). The lowest BCUT2D eigenvalue weighted by atomic mass is 9.95. The summed E-state index contributed by atoms with van der Waals surface area (Å²) in [7, 11) is 0. The van der Waals surface area contributed by atoms with Gasteiger partial charge in [-0.3, -0.25) is 4.79 Å². The van der Waals surface area contributed by atoms with Gasteiger partial charge in [0.15, 0.2) is 0 Å². The van der Waals surface area contributed by atoms with Crippen LogP contribution in [0.3, 0.4) is 0 Å². The lowest BCUT2D eigenvalue weighted by molar-refractivity contribution is -0.141. The molecule has 0 aromatic rings. The summed E-state index contributed by atoms with van der Waals surface area (Å²) in [4.78, 5) is 26.4. The van der Waals surface area contributed by atoms with Crippen molar-refractivity contribution < 1.29 is 24.5 Å². The number of rotatable bonds is 2. The molecule has 2 rings (SSSR count). The number of hydrogen-bond donors (Lipinski definition) is 2. The summed E-state index contributed by atoms with van der Waals surface area (Å²) in [6.07, 6.45) is 0.931. The van der Waals surface area contributed by atoms with Crippen molar-refractivity contribution in [1.82, 2.24) is 9.80 Å².